The van der Waals surface area contributed by atoms with Crippen molar-refractivity contribution in [2.45, 2.75) is 31.2 Å². The first-order valence-electron chi connectivity index (χ1n) is 4.71. The molecule has 13 heavy (non-hydrogen) atoms. The molecule has 2 aliphatic rings. The van der Waals surface area contributed by atoms with E-state index in [4.69, 9.17) is 0 Å². The molecule has 0 unspecified atom stereocenters. The minimum Gasteiger partial charge on any atom is -0.340 e. The van der Waals surface area contributed by atoms with Gasteiger partial charge in [0.1, 0.15) is 5.54 Å². The van der Waals surface area contributed by atoms with Crippen LogP contribution in [0.25, 0.3) is 0 Å². The quantitative estimate of drug-likeness (QED) is 0.568. The Morgan fingerprint density at radius 2 is 1.92 bits per heavy atom. The highest BCUT2D eigenvalue weighted by molar-refractivity contribution is 5.97. The molecule has 0 aromatic carbocycles. The molecule has 4 heteroatoms. The Hall–Kier alpha value is -1.06. The van der Waals surface area contributed by atoms with Gasteiger partial charge in [-0.25, -0.2) is 0 Å². The third-order valence-electron chi connectivity index (χ3n) is 2.97. The summed E-state index contributed by atoms with van der Waals surface area (Å²) in [4.78, 5) is 24.6. The van der Waals surface area contributed by atoms with Gasteiger partial charge in [0.05, 0.1) is 6.54 Å². The summed E-state index contributed by atoms with van der Waals surface area (Å²) in [6, 6.07) is 0. The van der Waals surface area contributed by atoms with Gasteiger partial charge in [0.15, 0.2) is 0 Å². The molecule has 0 bridgehead atoms. The van der Waals surface area contributed by atoms with Gasteiger partial charge in [0, 0.05) is 7.05 Å². The van der Waals surface area contributed by atoms with Crippen LogP contribution >= 0.6 is 0 Å². The van der Waals surface area contributed by atoms with Crippen LogP contribution in [0.3, 0.4) is 0 Å². The van der Waals surface area contributed by atoms with Gasteiger partial charge < -0.3 is 10.2 Å². The van der Waals surface area contributed by atoms with E-state index in [2.05, 4.69) is 5.32 Å². The maximum absolute atomic E-state index is 11.8. The summed E-state index contributed by atoms with van der Waals surface area (Å²) in [5.41, 5.74) is -0.538. The molecule has 2 fully saturated rings. The zero-order chi connectivity index (χ0) is 9.47. The van der Waals surface area contributed by atoms with Crippen molar-refractivity contribution in [1.29, 1.82) is 0 Å². The lowest BCUT2D eigenvalue weighted by Gasteiger charge is -2.37. The first-order valence-corrected chi connectivity index (χ1v) is 4.71. The van der Waals surface area contributed by atoms with Crippen LogP contribution in [0, 0.1) is 0 Å². The van der Waals surface area contributed by atoms with Crippen molar-refractivity contribution in [3.63, 3.8) is 0 Å². The molecule has 1 saturated carbocycles. The zero-order valence-corrected chi connectivity index (χ0v) is 7.80. The Morgan fingerprint density at radius 3 is 2.54 bits per heavy atom. The highest BCUT2D eigenvalue weighted by Crippen LogP contribution is 2.32. The number of hydrogen-bond acceptors (Lipinski definition) is 2. The fourth-order valence-electron chi connectivity index (χ4n) is 2.33. The van der Waals surface area contributed by atoms with Crippen molar-refractivity contribution in [3.05, 3.63) is 0 Å². The van der Waals surface area contributed by atoms with Crippen LogP contribution < -0.4 is 5.32 Å². The minimum absolute atomic E-state index is 0.0241. The normalized spacial score (nSPS) is 26.7. The van der Waals surface area contributed by atoms with Gasteiger partial charge in [0.2, 0.25) is 11.8 Å². The lowest BCUT2D eigenvalue weighted by Crippen LogP contribution is -2.64. The first kappa shape index (κ1) is 8.53. The van der Waals surface area contributed by atoms with Crippen LogP contribution in [-0.2, 0) is 9.59 Å². The molecule has 0 atom stereocenters. The van der Waals surface area contributed by atoms with E-state index in [1.807, 2.05) is 0 Å². The zero-order valence-electron chi connectivity index (χ0n) is 7.80. The van der Waals surface area contributed by atoms with Gasteiger partial charge in [-0.2, -0.15) is 0 Å². The number of amides is 2. The standard InChI is InChI=1S/C9H14N2O2/c1-11-6-7(12)10-9(8(11)13)4-2-3-5-9/h2-6H2,1H3,(H,10,12). The van der Waals surface area contributed by atoms with Crippen molar-refractivity contribution in [1.82, 2.24) is 10.2 Å². The molecular formula is C9H14N2O2. The molecule has 1 aliphatic heterocycles. The third-order valence-corrected chi connectivity index (χ3v) is 2.97. The SMILES string of the molecule is CN1CC(=O)NC2(CCCC2)C1=O. The Balaban J connectivity index is 2.25. The second-order valence-electron chi connectivity index (χ2n) is 4.00. The Morgan fingerprint density at radius 1 is 1.31 bits per heavy atom. The summed E-state index contributed by atoms with van der Waals surface area (Å²) in [5, 5.41) is 2.84. The molecule has 4 nitrogen and oxygen atoms in total. The second-order valence-corrected chi connectivity index (χ2v) is 4.00. The molecule has 2 rings (SSSR count). The van der Waals surface area contributed by atoms with E-state index in [1.165, 1.54) is 4.90 Å². The average molecular weight is 182 g/mol. The van der Waals surface area contributed by atoms with Crippen LogP contribution in [0.15, 0.2) is 0 Å². The fraction of sp³-hybridized carbons (Fsp3) is 0.778. The number of carbonyl (C=O) groups is 2. The molecule has 2 amide bonds. The number of hydrogen-bond donors (Lipinski definition) is 1. The maximum atomic E-state index is 11.8. The largest absolute Gasteiger partial charge is 0.340 e. The number of likely N-dealkylation sites (N-methyl/N-ethyl adjacent to an activating group) is 1. The van der Waals surface area contributed by atoms with E-state index >= 15 is 0 Å². The number of rotatable bonds is 0. The lowest BCUT2D eigenvalue weighted by molar-refractivity contribution is -0.148. The summed E-state index contributed by atoms with van der Waals surface area (Å²) in [5.74, 6) is 0.0635. The molecule has 1 saturated heterocycles. The summed E-state index contributed by atoms with van der Waals surface area (Å²) < 4.78 is 0. The smallest absolute Gasteiger partial charge is 0.248 e. The third kappa shape index (κ3) is 1.20. The molecule has 0 aromatic rings. The summed E-state index contributed by atoms with van der Waals surface area (Å²) in [6.45, 7) is 0.209. The predicted molar refractivity (Wildman–Crippen MR) is 47.0 cm³/mol. The summed E-state index contributed by atoms with van der Waals surface area (Å²) in [7, 11) is 1.70. The minimum atomic E-state index is -0.538. The maximum Gasteiger partial charge on any atom is 0.248 e. The van der Waals surface area contributed by atoms with Gasteiger partial charge in [-0.3, -0.25) is 9.59 Å². The molecule has 1 spiro atoms. The Kier molecular flexibility index (Phi) is 1.78. The van der Waals surface area contributed by atoms with Crippen LogP contribution in [0.5, 0.6) is 0 Å². The number of nitrogens with one attached hydrogen (secondary N) is 1. The molecule has 0 aromatic heterocycles. The molecule has 72 valence electrons. The lowest BCUT2D eigenvalue weighted by atomic mass is 9.93. The van der Waals surface area contributed by atoms with E-state index in [9.17, 15) is 9.59 Å². The molecule has 1 aliphatic carbocycles. The monoisotopic (exact) mass is 182 g/mol. The Labute approximate surface area is 77.3 Å². The van der Waals surface area contributed by atoms with E-state index < -0.39 is 5.54 Å². The van der Waals surface area contributed by atoms with E-state index in [-0.39, 0.29) is 18.4 Å². The van der Waals surface area contributed by atoms with E-state index in [0.29, 0.717) is 0 Å². The van der Waals surface area contributed by atoms with Crippen LogP contribution in [-0.4, -0.2) is 35.8 Å². The van der Waals surface area contributed by atoms with Gasteiger partial charge in [-0.05, 0) is 12.8 Å². The summed E-state index contributed by atoms with van der Waals surface area (Å²) >= 11 is 0. The second kappa shape index (κ2) is 2.72. The van der Waals surface area contributed by atoms with Crippen LogP contribution in [0.2, 0.25) is 0 Å². The highest BCUT2D eigenvalue weighted by atomic mass is 16.2. The van der Waals surface area contributed by atoms with Crippen molar-refractivity contribution >= 4 is 11.8 Å². The van der Waals surface area contributed by atoms with Crippen LogP contribution in [0.1, 0.15) is 25.7 Å². The summed E-state index contributed by atoms with van der Waals surface area (Å²) in [6.07, 6.45) is 3.70. The number of nitrogens with zero attached hydrogens (tertiary/aromatic N) is 1. The molecular weight excluding hydrogens is 168 g/mol. The van der Waals surface area contributed by atoms with Gasteiger partial charge >= 0.3 is 0 Å². The first-order chi connectivity index (χ1) is 6.14. The van der Waals surface area contributed by atoms with Crippen LogP contribution in [0.4, 0.5) is 0 Å². The topological polar surface area (TPSA) is 49.4 Å². The fourth-order valence-corrected chi connectivity index (χ4v) is 2.33. The molecule has 1 heterocycles. The predicted octanol–water partition coefficient (Wildman–Crippen LogP) is -0.113. The highest BCUT2D eigenvalue weighted by Gasteiger charge is 2.46. The van der Waals surface area contributed by atoms with E-state index in [0.717, 1.165) is 25.7 Å². The van der Waals surface area contributed by atoms with Crippen molar-refractivity contribution in [2.24, 2.45) is 0 Å². The van der Waals surface area contributed by atoms with Crippen molar-refractivity contribution < 1.29 is 9.59 Å². The average Bonchev–Trinajstić information content (AvgIpc) is 2.50. The van der Waals surface area contributed by atoms with Gasteiger partial charge in [0.25, 0.3) is 0 Å². The van der Waals surface area contributed by atoms with E-state index in [1.54, 1.807) is 7.05 Å². The van der Waals surface area contributed by atoms with Gasteiger partial charge in [-0.1, -0.05) is 12.8 Å². The Bertz CT molecular complexity index is 256. The number of carbonyl (C=O) groups excluding carboxylic acids is 2. The van der Waals surface area contributed by atoms with Crippen molar-refractivity contribution in [3.8, 4) is 0 Å². The van der Waals surface area contributed by atoms with Gasteiger partial charge in [-0.15, -0.1) is 0 Å². The molecule has 0 radical (unpaired) electrons. The molecule has 1 N–H and O–H groups in total. The van der Waals surface area contributed by atoms with Crippen molar-refractivity contribution in [2.75, 3.05) is 13.6 Å². The number of piperazine rings is 1.